The molecular formula is C10H10. The summed E-state index contributed by atoms with van der Waals surface area (Å²) in [6, 6.07) is 0. The third kappa shape index (κ3) is 1.82. The second-order valence-corrected chi connectivity index (χ2v) is 3.09. The fraction of sp³-hybridized carbons (Fsp3) is 0.600. The summed E-state index contributed by atoms with van der Waals surface area (Å²) in [6.07, 6.45) is 5.21. The standard InChI is InChI=1S/C10H10/c1(3-9-5-6-9)2-4-10-7-8-10/h9-10H,5-8H2. The molecule has 2 fully saturated rings. The highest BCUT2D eigenvalue weighted by Crippen LogP contribution is 2.28. The van der Waals surface area contributed by atoms with Crippen LogP contribution in [0.25, 0.3) is 0 Å². The first-order valence-corrected chi connectivity index (χ1v) is 3.96. The van der Waals surface area contributed by atoms with Gasteiger partial charge in [-0.1, -0.05) is 11.8 Å². The predicted octanol–water partition coefficient (Wildman–Crippen LogP) is 1.81. The van der Waals surface area contributed by atoms with Crippen molar-refractivity contribution in [1.29, 1.82) is 0 Å². The van der Waals surface area contributed by atoms with Crippen molar-refractivity contribution in [3.8, 4) is 23.7 Å². The molecule has 10 heavy (non-hydrogen) atoms. The number of hydrogen-bond donors (Lipinski definition) is 0. The summed E-state index contributed by atoms with van der Waals surface area (Å²) < 4.78 is 0. The van der Waals surface area contributed by atoms with Gasteiger partial charge in [0.2, 0.25) is 0 Å². The second-order valence-electron chi connectivity index (χ2n) is 3.09. The normalized spacial score (nSPS) is 22.0. The summed E-state index contributed by atoms with van der Waals surface area (Å²) in [5.74, 6) is 13.5. The van der Waals surface area contributed by atoms with E-state index in [0.29, 0.717) is 11.8 Å². The SMILES string of the molecule is C(C#CC1CC1)#CC1CC1. The minimum atomic E-state index is 0.702. The summed E-state index contributed by atoms with van der Waals surface area (Å²) in [6.45, 7) is 0. The minimum Gasteiger partial charge on any atom is -0.0857 e. The van der Waals surface area contributed by atoms with E-state index in [2.05, 4.69) is 23.7 Å². The van der Waals surface area contributed by atoms with Gasteiger partial charge in [-0.3, -0.25) is 0 Å². The predicted molar refractivity (Wildman–Crippen MR) is 41.0 cm³/mol. The Labute approximate surface area is 62.0 Å². The Morgan fingerprint density at radius 3 is 1.40 bits per heavy atom. The van der Waals surface area contributed by atoms with Crippen LogP contribution in [0.1, 0.15) is 25.7 Å². The van der Waals surface area contributed by atoms with Crippen molar-refractivity contribution in [2.24, 2.45) is 11.8 Å². The van der Waals surface area contributed by atoms with Gasteiger partial charge in [0, 0.05) is 11.8 Å². The molecule has 0 N–H and O–H groups in total. The highest BCUT2D eigenvalue weighted by Gasteiger charge is 2.18. The largest absolute Gasteiger partial charge is 0.0857 e. The van der Waals surface area contributed by atoms with Gasteiger partial charge in [-0.05, 0) is 37.5 Å². The summed E-state index contributed by atoms with van der Waals surface area (Å²) in [5.41, 5.74) is 0. The van der Waals surface area contributed by atoms with E-state index in [0.717, 1.165) is 0 Å². The molecule has 0 aliphatic heterocycles. The van der Waals surface area contributed by atoms with E-state index in [9.17, 15) is 0 Å². The van der Waals surface area contributed by atoms with Crippen LogP contribution >= 0.6 is 0 Å². The van der Waals surface area contributed by atoms with Crippen LogP contribution in [0.3, 0.4) is 0 Å². The van der Waals surface area contributed by atoms with Gasteiger partial charge in [0.25, 0.3) is 0 Å². The highest BCUT2D eigenvalue weighted by atomic mass is 14.2. The van der Waals surface area contributed by atoms with Crippen LogP contribution < -0.4 is 0 Å². The van der Waals surface area contributed by atoms with Gasteiger partial charge in [0.15, 0.2) is 0 Å². The van der Waals surface area contributed by atoms with Crippen molar-refractivity contribution in [2.45, 2.75) is 25.7 Å². The first-order chi connectivity index (χ1) is 4.95. The Bertz CT molecular complexity index is 205. The molecule has 0 aromatic heterocycles. The molecule has 0 aromatic rings. The molecule has 2 rings (SSSR count). The van der Waals surface area contributed by atoms with Gasteiger partial charge in [-0.25, -0.2) is 0 Å². The molecule has 0 bridgehead atoms. The van der Waals surface area contributed by atoms with Gasteiger partial charge in [-0.15, -0.1) is 0 Å². The lowest BCUT2D eigenvalue weighted by Gasteiger charge is -1.67. The van der Waals surface area contributed by atoms with Gasteiger partial charge in [0.1, 0.15) is 0 Å². The number of rotatable bonds is 0. The summed E-state index contributed by atoms with van der Waals surface area (Å²) >= 11 is 0. The van der Waals surface area contributed by atoms with E-state index in [1.54, 1.807) is 0 Å². The Hall–Kier alpha value is -0.880. The summed E-state index contributed by atoms with van der Waals surface area (Å²) in [5, 5.41) is 0. The molecule has 0 saturated heterocycles. The fourth-order valence-electron chi connectivity index (χ4n) is 0.732. The monoisotopic (exact) mass is 130 g/mol. The van der Waals surface area contributed by atoms with Gasteiger partial charge in [-0.2, -0.15) is 0 Å². The van der Waals surface area contributed by atoms with Crippen LogP contribution in [-0.4, -0.2) is 0 Å². The third-order valence-electron chi connectivity index (χ3n) is 1.77. The van der Waals surface area contributed by atoms with Crippen LogP contribution in [0.15, 0.2) is 0 Å². The van der Waals surface area contributed by atoms with Crippen LogP contribution in [0.2, 0.25) is 0 Å². The molecule has 0 nitrogen and oxygen atoms in total. The van der Waals surface area contributed by atoms with E-state index >= 15 is 0 Å². The van der Waals surface area contributed by atoms with Crippen molar-refractivity contribution in [1.82, 2.24) is 0 Å². The van der Waals surface area contributed by atoms with E-state index in [1.165, 1.54) is 25.7 Å². The Kier molecular flexibility index (Phi) is 1.40. The van der Waals surface area contributed by atoms with Crippen molar-refractivity contribution in [3.63, 3.8) is 0 Å². The Morgan fingerprint density at radius 1 is 0.700 bits per heavy atom. The molecule has 0 heteroatoms. The molecule has 0 unspecified atom stereocenters. The molecule has 2 aliphatic carbocycles. The molecule has 0 aromatic carbocycles. The van der Waals surface area contributed by atoms with E-state index in [1.807, 2.05) is 0 Å². The quantitative estimate of drug-likeness (QED) is 0.439. The maximum atomic E-state index is 3.12. The van der Waals surface area contributed by atoms with Gasteiger partial charge in [0.05, 0.1) is 0 Å². The lowest BCUT2D eigenvalue weighted by molar-refractivity contribution is 1.18. The maximum Gasteiger partial charge on any atom is 0.0214 e. The first-order valence-electron chi connectivity index (χ1n) is 3.96. The van der Waals surface area contributed by atoms with Crippen LogP contribution in [-0.2, 0) is 0 Å². The van der Waals surface area contributed by atoms with Crippen molar-refractivity contribution < 1.29 is 0 Å². The van der Waals surface area contributed by atoms with Gasteiger partial charge >= 0.3 is 0 Å². The van der Waals surface area contributed by atoms with Gasteiger partial charge < -0.3 is 0 Å². The number of hydrogen-bond acceptors (Lipinski definition) is 0. The van der Waals surface area contributed by atoms with Crippen LogP contribution in [0, 0.1) is 35.5 Å². The highest BCUT2D eigenvalue weighted by molar-refractivity contribution is 5.30. The van der Waals surface area contributed by atoms with Crippen molar-refractivity contribution >= 4 is 0 Å². The van der Waals surface area contributed by atoms with Crippen molar-refractivity contribution in [3.05, 3.63) is 0 Å². The second kappa shape index (κ2) is 2.39. The molecule has 2 saturated carbocycles. The Balaban J connectivity index is 1.80. The zero-order chi connectivity index (χ0) is 6.81. The van der Waals surface area contributed by atoms with E-state index < -0.39 is 0 Å². The molecule has 0 radical (unpaired) electrons. The average molecular weight is 130 g/mol. The topological polar surface area (TPSA) is 0 Å². The summed E-state index contributed by atoms with van der Waals surface area (Å²) in [7, 11) is 0. The van der Waals surface area contributed by atoms with Crippen molar-refractivity contribution in [2.75, 3.05) is 0 Å². The Morgan fingerprint density at radius 2 is 1.10 bits per heavy atom. The zero-order valence-corrected chi connectivity index (χ0v) is 5.98. The van der Waals surface area contributed by atoms with E-state index in [-0.39, 0.29) is 0 Å². The zero-order valence-electron chi connectivity index (χ0n) is 5.98. The minimum absolute atomic E-state index is 0.702. The lowest BCUT2D eigenvalue weighted by Crippen LogP contribution is -1.63. The lowest BCUT2D eigenvalue weighted by atomic mass is 10.4. The first kappa shape index (κ1) is 5.87. The molecule has 50 valence electrons. The molecule has 0 amide bonds. The molecule has 2 aliphatic rings. The smallest absolute Gasteiger partial charge is 0.0214 e. The summed E-state index contributed by atoms with van der Waals surface area (Å²) in [4.78, 5) is 0. The third-order valence-corrected chi connectivity index (χ3v) is 1.77. The van der Waals surface area contributed by atoms with Crippen LogP contribution in [0.4, 0.5) is 0 Å². The fourth-order valence-corrected chi connectivity index (χ4v) is 0.732. The maximum absolute atomic E-state index is 3.12. The molecule has 0 heterocycles. The molecular weight excluding hydrogens is 120 g/mol. The van der Waals surface area contributed by atoms with E-state index in [4.69, 9.17) is 0 Å². The van der Waals surface area contributed by atoms with Crippen LogP contribution in [0.5, 0.6) is 0 Å². The molecule has 0 spiro atoms. The average Bonchev–Trinajstić information content (AvgIpc) is 2.77. The molecule has 0 atom stereocenters.